The number of hydrogen-bond acceptors (Lipinski definition) is 4. The monoisotopic (exact) mass is 268 g/mol. The summed E-state index contributed by atoms with van der Waals surface area (Å²) in [4.78, 5) is 11.4. The summed E-state index contributed by atoms with van der Waals surface area (Å²) in [5.41, 5.74) is 2.40. The molecule has 3 rings (SSSR count). The first-order chi connectivity index (χ1) is 9.67. The molecule has 1 saturated carbocycles. The summed E-state index contributed by atoms with van der Waals surface area (Å²) in [6.07, 6.45) is 2.42. The van der Waals surface area contributed by atoms with E-state index in [1.54, 1.807) is 0 Å². The quantitative estimate of drug-likeness (QED) is 0.921. The van der Waals surface area contributed by atoms with Gasteiger partial charge in [-0.2, -0.15) is 0 Å². The van der Waals surface area contributed by atoms with Gasteiger partial charge in [-0.25, -0.2) is 9.97 Å². The molecule has 1 aliphatic carbocycles. The maximum absolute atomic E-state index is 4.72. The maximum Gasteiger partial charge on any atom is 0.138 e. The van der Waals surface area contributed by atoms with Crippen LogP contribution in [0, 0.1) is 6.92 Å². The van der Waals surface area contributed by atoms with Gasteiger partial charge in [-0.1, -0.05) is 17.7 Å². The second-order valence-electron chi connectivity index (χ2n) is 5.39. The van der Waals surface area contributed by atoms with Crippen molar-refractivity contribution in [2.24, 2.45) is 0 Å². The van der Waals surface area contributed by atoms with Crippen molar-refractivity contribution in [2.45, 2.75) is 25.7 Å². The first kappa shape index (κ1) is 12.9. The van der Waals surface area contributed by atoms with E-state index in [9.17, 15) is 0 Å². The first-order valence-corrected chi connectivity index (χ1v) is 7.04. The number of anilines is 3. The Balaban J connectivity index is 1.95. The van der Waals surface area contributed by atoms with E-state index in [0.29, 0.717) is 5.92 Å². The van der Waals surface area contributed by atoms with Crippen molar-refractivity contribution in [3.63, 3.8) is 0 Å². The molecule has 0 radical (unpaired) electrons. The van der Waals surface area contributed by atoms with Gasteiger partial charge in [0.25, 0.3) is 0 Å². The van der Waals surface area contributed by atoms with Crippen LogP contribution >= 0.6 is 0 Å². The minimum absolute atomic E-state index is 0.550. The fourth-order valence-corrected chi connectivity index (χ4v) is 2.18. The lowest BCUT2D eigenvalue weighted by molar-refractivity contribution is 0.916. The lowest BCUT2D eigenvalue weighted by Gasteiger charge is -2.20. The van der Waals surface area contributed by atoms with E-state index in [2.05, 4.69) is 46.4 Å². The van der Waals surface area contributed by atoms with Crippen LogP contribution in [0.25, 0.3) is 0 Å². The van der Waals surface area contributed by atoms with Crippen LogP contribution in [-0.4, -0.2) is 24.1 Å². The molecule has 1 N–H and O–H groups in total. The molecule has 4 nitrogen and oxygen atoms in total. The summed E-state index contributed by atoms with van der Waals surface area (Å²) < 4.78 is 0. The molecule has 0 bridgehead atoms. The Kier molecular flexibility index (Phi) is 3.30. The van der Waals surface area contributed by atoms with Crippen molar-refractivity contribution < 1.29 is 0 Å². The lowest BCUT2D eigenvalue weighted by atomic mass is 10.2. The summed E-state index contributed by atoms with van der Waals surface area (Å²) >= 11 is 0. The molecule has 2 aromatic rings. The summed E-state index contributed by atoms with van der Waals surface area (Å²) in [5.74, 6) is 3.34. The van der Waals surface area contributed by atoms with Gasteiger partial charge < -0.3 is 10.2 Å². The van der Waals surface area contributed by atoms with E-state index in [-0.39, 0.29) is 0 Å². The van der Waals surface area contributed by atoms with Crippen LogP contribution in [0.4, 0.5) is 17.3 Å². The van der Waals surface area contributed by atoms with Crippen molar-refractivity contribution in [2.75, 3.05) is 24.3 Å². The van der Waals surface area contributed by atoms with Gasteiger partial charge in [-0.3, -0.25) is 0 Å². The van der Waals surface area contributed by atoms with Gasteiger partial charge >= 0.3 is 0 Å². The predicted molar refractivity (Wildman–Crippen MR) is 82.8 cm³/mol. The minimum atomic E-state index is 0.550. The number of hydrogen-bond donors (Lipinski definition) is 1. The molecule has 1 fully saturated rings. The van der Waals surface area contributed by atoms with E-state index in [4.69, 9.17) is 4.98 Å². The highest BCUT2D eigenvalue weighted by molar-refractivity contribution is 5.62. The number of rotatable bonds is 4. The minimum Gasteiger partial charge on any atom is -0.373 e. The fraction of sp³-hybridized carbons (Fsp3) is 0.375. The molecule has 4 heteroatoms. The first-order valence-electron chi connectivity index (χ1n) is 7.04. The van der Waals surface area contributed by atoms with Crippen molar-refractivity contribution in [1.82, 2.24) is 9.97 Å². The van der Waals surface area contributed by atoms with Crippen molar-refractivity contribution in [3.05, 3.63) is 41.7 Å². The summed E-state index contributed by atoms with van der Waals surface area (Å²) in [5, 5.41) is 3.13. The Labute approximate surface area is 119 Å². The standard InChI is InChI=1S/C16H20N4/c1-11-4-8-13(9-5-11)20(3)15-10-14(17-2)18-16(19-15)12-6-7-12/h4-5,8-10,12H,6-7H2,1-3H3,(H,17,18,19). The topological polar surface area (TPSA) is 41.0 Å². The average molecular weight is 268 g/mol. The molecule has 104 valence electrons. The highest BCUT2D eigenvalue weighted by atomic mass is 15.2. The molecule has 1 aromatic heterocycles. The Morgan fingerprint density at radius 3 is 2.45 bits per heavy atom. The molecule has 0 atom stereocenters. The number of nitrogens with zero attached hydrogens (tertiary/aromatic N) is 3. The van der Waals surface area contributed by atoms with Crippen LogP contribution in [0.5, 0.6) is 0 Å². The Morgan fingerprint density at radius 1 is 1.15 bits per heavy atom. The Hall–Kier alpha value is -2.10. The third-order valence-electron chi connectivity index (χ3n) is 3.69. The van der Waals surface area contributed by atoms with Gasteiger partial charge in [-0.05, 0) is 31.9 Å². The molecule has 1 aromatic carbocycles. The van der Waals surface area contributed by atoms with Crippen molar-refractivity contribution >= 4 is 17.3 Å². The largest absolute Gasteiger partial charge is 0.373 e. The van der Waals surface area contributed by atoms with Gasteiger partial charge in [0.1, 0.15) is 17.5 Å². The molecule has 1 heterocycles. The lowest BCUT2D eigenvalue weighted by Crippen LogP contribution is -2.13. The molecule has 0 unspecified atom stereocenters. The van der Waals surface area contributed by atoms with Gasteiger partial charge in [0.05, 0.1) is 0 Å². The number of nitrogens with one attached hydrogen (secondary N) is 1. The second-order valence-corrected chi connectivity index (χ2v) is 5.39. The van der Waals surface area contributed by atoms with E-state index < -0.39 is 0 Å². The summed E-state index contributed by atoms with van der Waals surface area (Å²) in [6.45, 7) is 2.10. The van der Waals surface area contributed by atoms with Gasteiger partial charge in [-0.15, -0.1) is 0 Å². The normalized spacial score (nSPS) is 14.2. The van der Waals surface area contributed by atoms with E-state index in [1.165, 1.54) is 18.4 Å². The Bertz CT molecular complexity index is 602. The highest BCUT2D eigenvalue weighted by Crippen LogP contribution is 2.39. The molecule has 0 saturated heterocycles. The highest BCUT2D eigenvalue weighted by Gasteiger charge is 2.27. The van der Waals surface area contributed by atoms with Gasteiger partial charge in [0, 0.05) is 31.8 Å². The molecular formula is C16H20N4. The maximum atomic E-state index is 4.72. The fourth-order valence-electron chi connectivity index (χ4n) is 2.18. The van der Waals surface area contributed by atoms with Gasteiger partial charge in [0.15, 0.2) is 0 Å². The average Bonchev–Trinajstić information content (AvgIpc) is 3.31. The van der Waals surface area contributed by atoms with E-state index in [1.807, 2.05) is 20.2 Å². The van der Waals surface area contributed by atoms with Gasteiger partial charge in [0.2, 0.25) is 0 Å². The number of aromatic nitrogens is 2. The van der Waals surface area contributed by atoms with E-state index >= 15 is 0 Å². The molecule has 0 amide bonds. The Morgan fingerprint density at radius 2 is 1.85 bits per heavy atom. The molecular weight excluding hydrogens is 248 g/mol. The third kappa shape index (κ3) is 2.59. The van der Waals surface area contributed by atoms with Crippen LogP contribution in [-0.2, 0) is 0 Å². The number of benzene rings is 1. The smallest absolute Gasteiger partial charge is 0.138 e. The van der Waals surface area contributed by atoms with Crippen LogP contribution in [0.2, 0.25) is 0 Å². The zero-order valence-electron chi connectivity index (χ0n) is 12.2. The van der Waals surface area contributed by atoms with Crippen LogP contribution < -0.4 is 10.2 Å². The van der Waals surface area contributed by atoms with Crippen molar-refractivity contribution in [1.29, 1.82) is 0 Å². The van der Waals surface area contributed by atoms with Crippen LogP contribution in [0.15, 0.2) is 30.3 Å². The molecule has 1 aliphatic rings. The molecule has 0 aliphatic heterocycles. The molecule has 0 spiro atoms. The number of aryl methyl sites for hydroxylation is 1. The SMILES string of the molecule is CNc1cc(N(C)c2ccc(C)cc2)nc(C2CC2)n1. The summed E-state index contributed by atoms with van der Waals surface area (Å²) in [6, 6.07) is 10.5. The zero-order chi connectivity index (χ0) is 14.1. The van der Waals surface area contributed by atoms with E-state index in [0.717, 1.165) is 23.1 Å². The van der Waals surface area contributed by atoms with Crippen LogP contribution in [0.3, 0.4) is 0 Å². The summed E-state index contributed by atoms with van der Waals surface area (Å²) in [7, 11) is 3.94. The third-order valence-corrected chi connectivity index (χ3v) is 3.69. The zero-order valence-corrected chi connectivity index (χ0v) is 12.2. The van der Waals surface area contributed by atoms with Crippen LogP contribution in [0.1, 0.15) is 30.1 Å². The second kappa shape index (κ2) is 5.12. The predicted octanol–water partition coefficient (Wildman–Crippen LogP) is 3.47. The molecule has 20 heavy (non-hydrogen) atoms. The van der Waals surface area contributed by atoms with Crippen molar-refractivity contribution in [3.8, 4) is 0 Å².